The second-order valence-electron chi connectivity index (χ2n) is 13.0. The molecule has 0 saturated carbocycles. The third kappa shape index (κ3) is 10.9. The molecule has 4 aliphatic heterocycles. The van der Waals surface area contributed by atoms with E-state index in [1.165, 1.54) is 53.3 Å². The lowest BCUT2D eigenvalue weighted by Crippen LogP contribution is -2.35. The number of thiocarbonyl (C=S) groups is 2. The molecule has 4 aromatic rings. The van der Waals surface area contributed by atoms with Gasteiger partial charge in [-0.3, -0.25) is 38.3 Å². The lowest BCUT2D eigenvalue weighted by Gasteiger charge is -2.16. The van der Waals surface area contributed by atoms with E-state index in [9.17, 15) is 28.8 Å². The number of carboxylic acid groups (broad SMARTS) is 2. The van der Waals surface area contributed by atoms with Gasteiger partial charge in [-0.05, 0) is 96.9 Å². The molecule has 4 aliphatic rings. The molecule has 0 spiro atoms. The van der Waals surface area contributed by atoms with Crippen LogP contribution in [0.4, 0.5) is 41.9 Å². The fourth-order valence-electron chi connectivity index (χ4n) is 6.62. The average molecular weight is 877 g/mol. The Balaban J connectivity index is 0.000000241. The van der Waals surface area contributed by atoms with Gasteiger partial charge in [-0.2, -0.15) is 0 Å². The number of carbonyl (C=O) groups excluding carboxylic acids is 2. The van der Waals surface area contributed by atoms with Crippen LogP contribution < -0.4 is 36.5 Å². The first-order valence-electron chi connectivity index (χ1n) is 17.8. The summed E-state index contributed by atoms with van der Waals surface area (Å²) in [5, 5.41) is 20.6. The maximum atomic E-state index is 11.9. The van der Waals surface area contributed by atoms with Gasteiger partial charge in [0, 0.05) is 55.5 Å². The number of benzene rings is 2. The van der Waals surface area contributed by atoms with E-state index in [1.54, 1.807) is 48.5 Å². The number of nitrogens with zero attached hydrogens (tertiary/aromatic N) is 7. The maximum Gasteiger partial charge on any atom is 0.414 e. The van der Waals surface area contributed by atoms with E-state index in [1.807, 2.05) is 12.1 Å². The number of ether oxygens (including phenoxy) is 2. The van der Waals surface area contributed by atoms with Crippen molar-refractivity contribution in [3.63, 3.8) is 0 Å². The van der Waals surface area contributed by atoms with Crippen LogP contribution in [0.15, 0.2) is 99.8 Å². The Morgan fingerprint density at radius 1 is 0.721 bits per heavy atom. The van der Waals surface area contributed by atoms with Crippen LogP contribution in [0.2, 0.25) is 0 Å². The number of hydrogen-bond acceptors (Lipinski definition) is 12. The van der Waals surface area contributed by atoms with Crippen molar-refractivity contribution in [1.82, 2.24) is 9.13 Å². The summed E-state index contributed by atoms with van der Waals surface area (Å²) in [5.74, 6) is 0. The molecule has 2 fully saturated rings. The van der Waals surface area contributed by atoms with Crippen LogP contribution in [-0.2, 0) is 22.3 Å². The lowest BCUT2D eigenvalue weighted by molar-refractivity contribution is 0.144. The van der Waals surface area contributed by atoms with Gasteiger partial charge in [0.05, 0.1) is 36.2 Å². The van der Waals surface area contributed by atoms with Gasteiger partial charge in [-0.25, -0.2) is 24.2 Å². The minimum absolute atomic E-state index is 0. The summed E-state index contributed by atoms with van der Waals surface area (Å²) in [6, 6.07) is 20.0. The minimum Gasteiger partial charge on any atom is -0.465 e. The minimum atomic E-state index is -0.967. The van der Waals surface area contributed by atoms with E-state index >= 15 is 0 Å². The molecule has 61 heavy (non-hydrogen) atoms. The summed E-state index contributed by atoms with van der Waals surface area (Å²) in [6.07, 6.45) is 0.957. The van der Waals surface area contributed by atoms with Crippen LogP contribution in [0.1, 0.15) is 33.4 Å². The van der Waals surface area contributed by atoms with Crippen LogP contribution in [0.5, 0.6) is 0 Å². The molecule has 4 amide bonds. The van der Waals surface area contributed by atoms with Gasteiger partial charge < -0.3 is 25.4 Å². The standard InChI is InChI=1S/C14H13N3O4S.C13H15N3O4.C11H8N2O2S.3CH4/c18-13(19)16-4-3-9-5-10(1-2-12(9)16)17-7-11(6-15-8-22)21-14(17)20;14-6-10-7-16(13(19)20-10)9-1-2-11-8(5-9)3-4-15(11)12(17)18;14-9-5-1-3-7-12(9)11(16)13-8-4-2-6-10(13)15;;;/h1-2,5,11H,3-4,6-7H2,(H,18,19);1-2,5,10H,3-4,6-7,14H2,(H,17,18);1-8H;3*1H4/t11-;10-;;;;/m00..../s1. The van der Waals surface area contributed by atoms with Gasteiger partial charge >= 0.3 is 24.4 Å². The van der Waals surface area contributed by atoms with Crippen molar-refractivity contribution in [2.24, 2.45) is 10.7 Å². The molecule has 2 aromatic carbocycles. The quantitative estimate of drug-likeness (QED) is 0.160. The number of pyridine rings is 2. The van der Waals surface area contributed by atoms with Crippen LogP contribution >= 0.6 is 24.4 Å². The van der Waals surface area contributed by atoms with Crippen LogP contribution in [0.3, 0.4) is 0 Å². The smallest absolute Gasteiger partial charge is 0.414 e. The number of nitrogens with two attached hydrogens (primary N) is 1. The largest absolute Gasteiger partial charge is 0.465 e. The fourth-order valence-corrected chi connectivity index (χ4v) is 6.99. The Bertz CT molecular complexity index is 2380. The molecule has 0 aliphatic carbocycles. The van der Waals surface area contributed by atoms with Crippen LogP contribution in [0.25, 0.3) is 0 Å². The van der Waals surface area contributed by atoms with Crippen molar-refractivity contribution >= 4 is 81.8 Å². The Labute approximate surface area is 362 Å². The summed E-state index contributed by atoms with van der Waals surface area (Å²) in [4.78, 5) is 78.3. The van der Waals surface area contributed by atoms with E-state index in [0.717, 1.165) is 16.8 Å². The van der Waals surface area contributed by atoms with Gasteiger partial charge in [0.25, 0.3) is 11.1 Å². The third-order valence-electron chi connectivity index (χ3n) is 9.43. The SMILES string of the molecule is C.C.C.NC[C@H]1CN(c2ccc3c(c2)CCN3C(=O)O)C(=O)O1.O=C1O[C@@H](CN=C=S)CN1c1ccc2c(c1)CCN2C(=O)O.O=c1ccccn1C(=S)n1ccccc1=O. The average Bonchev–Trinajstić information content (AvgIpc) is 4.02. The maximum absolute atomic E-state index is 11.9. The van der Waals surface area contributed by atoms with Crippen molar-refractivity contribution in [1.29, 1.82) is 0 Å². The van der Waals surface area contributed by atoms with E-state index < -0.39 is 24.4 Å². The molecular formula is C41H48N8O10S2. The number of anilines is 4. The van der Waals surface area contributed by atoms with E-state index in [2.05, 4.69) is 22.4 Å². The second-order valence-corrected chi connectivity index (χ2v) is 13.5. The number of hydrogen-bond donors (Lipinski definition) is 3. The summed E-state index contributed by atoms with van der Waals surface area (Å²) >= 11 is 9.59. The highest BCUT2D eigenvalue weighted by Gasteiger charge is 2.34. The predicted octanol–water partition coefficient (Wildman–Crippen LogP) is 5.77. The molecule has 324 valence electrons. The van der Waals surface area contributed by atoms with Gasteiger partial charge in [-0.15, -0.1) is 0 Å². The topological polar surface area (TPSA) is 223 Å². The van der Waals surface area contributed by atoms with Gasteiger partial charge in [0.2, 0.25) is 0 Å². The van der Waals surface area contributed by atoms with Crippen molar-refractivity contribution in [2.45, 2.75) is 47.3 Å². The zero-order chi connectivity index (χ0) is 41.5. The molecule has 2 aromatic heterocycles. The Kier molecular flexibility index (Phi) is 17.1. The summed E-state index contributed by atoms with van der Waals surface area (Å²) in [5.41, 5.74) is 9.59. The molecule has 20 heteroatoms. The molecule has 8 rings (SSSR count). The Morgan fingerprint density at radius 3 is 1.56 bits per heavy atom. The summed E-state index contributed by atoms with van der Waals surface area (Å²) < 4.78 is 12.8. The lowest BCUT2D eigenvalue weighted by atomic mass is 10.1. The summed E-state index contributed by atoms with van der Waals surface area (Å²) in [6.45, 7) is 2.29. The molecule has 4 N–H and O–H groups in total. The third-order valence-corrected chi connectivity index (χ3v) is 9.95. The van der Waals surface area contributed by atoms with Gasteiger partial charge in [0.15, 0.2) is 5.11 Å². The number of aromatic nitrogens is 2. The normalized spacial score (nSPS) is 16.6. The number of amides is 4. The van der Waals surface area contributed by atoms with E-state index in [0.29, 0.717) is 69.2 Å². The molecule has 2 atom stereocenters. The Morgan fingerprint density at radius 2 is 1.16 bits per heavy atom. The van der Waals surface area contributed by atoms with Crippen molar-refractivity contribution in [3.8, 4) is 0 Å². The summed E-state index contributed by atoms with van der Waals surface area (Å²) in [7, 11) is 0. The first-order valence-corrected chi connectivity index (χ1v) is 18.6. The molecule has 6 heterocycles. The van der Waals surface area contributed by atoms with Crippen LogP contribution in [0, 0.1) is 0 Å². The Hall–Kier alpha value is -6.73. The first-order chi connectivity index (χ1) is 27.9. The van der Waals surface area contributed by atoms with E-state index in [4.69, 9.17) is 37.6 Å². The van der Waals surface area contributed by atoms with E-state index in [-0.39, 0.29) is 50.7 Å². The molecule has 2 saturated heterocycles. The highest BCUT2D eigenvalue weighted by atomic mass is 32.1. The first kappa shape index (κ1) is 48.6. The number of carbonyl (C=O) groups is 4. The number of isothiocyanates is 1. The van der Waals surface area contributed by atoms with Crippen molar-refractivity contribution in [3.05, 3.63) is 117 Å². The highest BCUT2D eigenvalue weighted by molar-refractivity contribution is 7.80. The molecule has 0 radical (unpaired) electrons. The van der Waals surface area contributed by atoms with Crippen molar-refractivity contribution in [2.75, 3.05) is 58.9 Å². The zero-order valence-electron chi connectivity index (χ0n) is 30.6. The monoisotopic (exact) mass is 876 g/mol. The van der Waals surface area contributed by atoms with Gasteiger partial charge in [0.1, 0.15) is 12.2 Å². The highest BCUT2D eigenvalue weighted by Crippen LogP contribution is 2.34. The molecular weight excluding hydrogens is 829 g/mol. The molecule has 0 unspecified atom stereocenters. The predicted molar refractivity (Wildman–Crippen MR) is 240 cm³/mol. The van der Waals surface area contributed by atoms with Gasteiger partial charge in [-0.1, -0.05) is 34.4 Å². The van der Waals surface area contributed by atoms with Crippen LogP contribution in [-0.4, -0.2) is 105 Å². The van der Waals surface area contributed by atoms with Crippen molar-refractivity contribution < 1.29 is 38.9 Å². The number of aliphatic imine (C=N–C) groups is 1. The molecule has 18 nitrogen and oxygen atoms in total. The second kappa shape index (κ2) is 21.5. The molecule has 0 bridgehead atoms. The number of fused-ring (bicyclic) bond motifs is 2. The zero-order valence-corrected chi connectivity index (χ0v) is 32.2. The number of cyclic esters (lactones) is 2. The number of rotatable bonds is 5. The fraction of sp³-hybridized carbons (Fsp3) is 0.317.